The van der Waals surface area contributed by atoms with Crippen LogP contribution in [-0.4, -0.2) is 25.1 Å². The number of hydrogen-bond donors (Lipinski definition) is 0. The number of alkyl halides is 5. The van der Waals surface area contributed by atoms with E-state index in [-0.39, 0.29) is 0 Å². The Balaban J connectivity index is 4.34. The summed E-state index contributed by atoms with van der Waals surface area (Å²) in [5.41, 5.74) is 0. The van der Waals surface area contributed by atoms with Crippen molar-refractivity contribution in [3.8, 4) is 0 Å². The van der Waals surface area contributed by atoms with Gasteiger partial charge in [-0.05, 0) is 0 Å². The van der Waals surface area contributed by atoms with Crippen molar-refractivity contribution in [1.82, 2.24) is 0 Å². The van der Waals surface area contributed by atoms with E-state index in [1.54, 1.807) is 0 Å². The highest BCUT2D eigenvalue weighted by atomic mass is 19.3. The Morgan fingerprint density at radius 1 is 1.07 bits per heavy atom. The van der Waals surface area contributed by atoms with E-state index in [2.05, 4.69) is 4.74 Å². The summed E-state index contributed by atoms with van der Waals surface area (Å²) < 4.78 is 96.9. The highest BCUT2D eigenvalue weighted by Gasteiger charge is 2.47. The molecule has 1 unspecified atom stereocenters. The fourth-order valence-corrected chi connectivity index (χ4v) is 0.478. The summed E-state index contributed by atoms with van der Waals surface area (Å²) in [6, 6.07) is -2.66. The zero-order valence-electron chi connectivity index (χ0n) is 6.79. The first-order chi connectivity index (χ1) is 6.68. The van der Waals surface area contributed by atoms with E-state index >= 15 is 0 Å². The molecule has 0 heterocycles. The maximum absolute atomic E-state index is 12.3. The van der Waals surface area contributed by atoms with Gasteiger partial charge in [-0.25, -0.2) is 13.2 Å². The molecule has 0 aromatic rings. The molecular formula is C6H4F8O. The van der Waals surface area contributed by atoms with Gasteiger partial charge in [-0.2, -0.15) is 22.0 Å². The predicted octanol–water partition coefficient (Wildman–Crippen LogP) is 3.28. The van der Waals surface area contributed by atoms with Gasteiger partial charge in [-0.15, -0.1) is 0 Å². The molecule has 90 valence electrons. The molecule has 0 N–H and O–H groups in total. The van der Waals surface area contributed by atoms with Crippen LogP contribution in [-0.2, 0) is 4.74 Å². The average Bonchev–Trinajstić information content (AvgIpc) is 2.12. The van der Waals surface area contributed by atoms with Crippen LogP contribution in [0.2, 0.25) is 0 Å². The van der Waals surface area contributed by atoms with Gasteiger partial charge in [0.1, 0.15) is 0 Å². The molecule has 0 aliphatic heterocycles. The monoisotopic (exact) mass is 244 g/mol. The van der Waals surface area contributed by atoms with Crippen LogP contribution in [0.1, 0.15) is 0 Å². The summed E-state index contributed by atoms with van der Waals surface area (Å²) >= 11 is 0. The summed E-state index contributed by atoms with van der Waals surface area (Å²) in [5, 5.41) is 0. The first-order valence-electron chi connectivity index (χ1n) is 3.32. The van der Waals surface area contributed by atoms with Gasteiger partial charge in [0.2, 0.25) is 6.17 Å². The maximum atomic E-state index is 12.3. The number of ether oxygens (including phenoxy) is 1. The van der Waals surface area contributed by atoms with Gasteiger partial charge >= 0.3 is 18.0 Å². The molecule has 0 aliphatic carbocycles. The summed E-state index contributed by atoms with van der Waals surface area (Å²) in [6.07, 6.45) is -11.0. The third kappa shape index (κ3) is 4.34. The topological polar surface area (TPSA) is 9.23 Å². The largest absolute Gasteiger partial charge is 0.460 e. The van der Waals surface area contributed by atoms with Gasteiger partial charge in [-0.1, -0.05) is 0 Å². The molecule has 15 heavy (non-hydrogen) atoms. The predicted molar refractivity (Wildman–Crippen MR) is 32.1 cm³/mol. The van der Waals surface area contributed by atoms with Gasteiger partial charge in [0.15, 0.2) is 6.61 Å². The maximum Gasteiger partial charge on any atom is 0.342 e. The molecule has 0 aliphatic rings. The van der Waals surface area contributed by atoms with Gasteiger partial charge in [-0.3, -0.25) is 0 Å². The standard InChI is InChI=1S/C6H4F8O/c7-2(3(8)9)6(13,14)1-15-5(12)4(10)11/h2-3H,1H2. The first-order valence-corrected chi connectivity index (χ1v) is 3.32. The van der Waals surface area contributed by atoms with E-state index in [0.29, 0.717) is 0 Å². The van der Waals surface area contributed by atoms with Gasteiger partial charge in [0, 0.05) is 0 Å². The van der Waals surface area contributed by atoms with Crippen molar-refractivity contribution in [3.05, 3.63) is 12.1 Å². The Labute approximate surface area is 78.3 Å². The summed E-state index contributed by atoms with van der Waals surface area (Å²) in [4.78, 5) is 0. The Kier molecular flexibility index (Phi) is 4.82. The van der Waals surface area contributed by atoms with E-state index in [1.165, 1.54) is 0 Å². The molecule has 0 aromatic heterocycles. The van der Waals surface area contributed by atoms with Crippen LogP contribution >= 0.6 is 0 Å². The fourth-order valence-electron chi connectivity index (χ4n) is 0.478. The normalized spacial score (nSPS) is 13.9. The summed E-state index contributed by atoms with van der Waals surface area (Å²) in [6.45, 7) is -2.23. The second-order valence-electron chi connectivity index (χ2n) is 2.32. The molecular weight excluding hydrogens is 240 g/mol. The van der Waals surface area contributed by atoms with Crippen LogP contribution in [0.15, 0.2) is 12.1 Å². The molecule has 0 spiro atoms. The van der Waals surface area contributed by atoms with E-state index in [0.717, 1.165) is 0 Å². The third-order valence-electron chi connectivity index (χ3n) is 1.16. The number of halogens is 8. The summed E-state index contributed by atoms with van der Waals surface area (Å²) in [5.74, 6) is -4.75. The van der Waals surface area contributed by atoms with Crippen LogP contribution in [0.25, 0.3) is 0 Å². The molecule has 0 radical (unpaired) electrons. The molecule has 0 saturated carbocycles. The van der Waals surface area contributed by atoms with Crippen molar-refractivity contribution in [2.24, 2.45) is 0 Å². The third-order valence-corrected chi connectivity index (χ3v) is 1.16. The summed E-state index contributed by atoms with van der Waals surface area (Å²) in [7, 11) is 0. The van der Waals surface area contributed by atoms with Gasteiger partial charge in [0.05, 0.1) is 0 Å². The Hall–Kier alpha value is -1.02. The molecule has 0 aromatic carbocycles. The van der Waals surface area contributed by atoms with Crippen molar-refractivity contribution in [2.75, 3.05) is 6.61 Å². The average molecular weight is 244 g/mol. The SMILES string of the molecule is FC(F)=C(F)OCC(F)(F)C(F)C(F)F. The van der Waals surface area contributed by atoms with Crippen LogP contribution in [0.4, 0.5) is 35.1 Å². The molecule has 0 bridgehead atoms. The number of hydrogen-bond acceptors (Lipinski definition) is 1. The van der Waals surface area contributed by atoms with Crippen LogP contribution in [0, 0.1) is 0 Å². The van der Waals surface area contributed by atoms with E-state index in [9.17, 15) is 35.1 Å². The zero-order chi connectivity index (χ0) is 12.2. The number of rotatable bonds is 5. The Morgan fingerprint density at radius 3 is 1.87 bits per heavy atom. The van der Waals surface area contributed by atoms with E-state index in [1.807, 2.05) is 0 Å². The van der Waals surface area contributed by atoms with Crippen molar-refractivity contribution < 1.29 is 39.9 Å². The molecule has 1 nitrogen and oxygen atoms in total. The van der Waals surface area contributed by atoms with Crippen molar-refractivity contribution in [1.29, 1.82) is 0 Å². The Morgan fingerprint density at radius 2 is 1.53 bits per heavy atom. The highest BCUT2D eigenvalue weighted by Crippen LogP contribution is 2.28. The van der Waals surface area contributed by atoms with Gasteiger partial charge in [0.25, 0.3) is 6.43 Å². The molecule has 0 saturated heterocycles. The smallest absolute Gasteiger partial charge is 0.342 e. The lowest BCUT2D eigenvalue weighted by atomic mass is 10.2. The highest BCUT2D eigenvalue weighted by molar-refractivity contribution is 4.84. The first kappa shape index (κ1) is 14.0. The van der Waals surface area contributed by atoms with Crippen molar-refractivity contribution >= 4 is 0 Å². The van der Waals surface area contributed by atoms with Crippen LogP contribution in [0.5, 0.6) is 0 Å². The van der Waals surface area contributed by atoms with Crippen molar-refractivity contribution in [2.45, 2.75) is 18.5 Å². The van der Waals surface area contributed by atoms with Crippen molar-refractivity contribution in [3.63, 3.8) is 0 Å². The lowest BCUT2D eigenvalue weighted by Gasteiger charge is -2.19. The minimum absolute atomic E-state index is 2.23. The fraction of sp³-hybridized carbons (Fsp3) is 0.667. The van der Waals surface area contributed by atoms with Crippen LogP contribution < -0.4 is 0 Å². The van der Waals surface area contributed by atoms with E-state index in [4.69, 9.17) is 0 Å². The zero-order valence-corrected chi connectivity index (χ0v) is 6.79. The molecule has 0 fully saturated rings. The molecule has 1 atom stereocenters. The second kappa shape index (κ2) is 5.17. The Bertz CT molecular complexity index is 233. The van der Waals surface area contributed by atoms with E-state index < -0.39 is 37.2 Å². The van der Waals surface area contributed by atoms with Crippen LogP contribution in [0.3, 0.4) is 0 Å². The molecule has 0 rings (SSSR count). The molecule has 0 amide bonds. The lowest BCUT2D eigenvalue weighted by molar-refractivity contribution is -0.159. The lowest BCUT2D eigenvalue weighted by Crippen LogP contribution is -2.39. The second-order valence-corrected chi connectivity index (χ2v) is 2.32. The minimum atomic E-state index is -4.75. The quantitative estimate of drug-likeness (QED) is 0.532. The van der Waals surface area contributed by atoms with Gasteiger partial charge < -0.3 is 4.74 Å². The molecule has 9 heteroatoms. The minimum Gasteiger partial charge on any atom is -0.460 e.